The second-order valence-corrected chi connectivity index (χ2v) is 9.95. The van der Waals surface area contributed by atoms with Gasteiger partial charge in [-0.05, 0) is 85.0 Å². The molecular weight excluding hydrogens is 376 g/mol. The van der Waals surface area contributed by atoms with E-state index in [1.165, 1.54) is 62.5 Å². The number of rotatable bonds is 1. The molecular formula is C26H40O4. The molecule has 0 aromatic heterocycles. The first-order valence-corrected chi connectivity index (χ1v) is 12.1. The summed E-state index contributed by atoms with van der Waals surface area (Å²) in [5.74, 6) is 1.74. The molecule has 168 valence electrons. The van der Waals surface area contributed by atoms with Crippen LogP contribution in [0.15, 0.2) is 18.2 Å². The van der Waals surface area contributed by atoms with Crippen molar-refractivity contribution in [2.24, 2.45) is 17.3 Å². The molecule has 3 N–H and O–H groups in total. The zero-order valence-corrected chi connectivity index (χ0v) is 18.8. The first-order valence-electron chi connectivity index (χ1n) is 12.1. The van der Waals surface area contributed by atoms with Crippen LogP contribution in [0.1, 0.15) is 102 Å². The lowest BCUT2D eigenvalue weighted by atomic mass is 9.55. The number of aliphatic carboxylic acids is 1. The fourth-order valence-corrected chi connectivity index (χ4v) is 6.43. The SMILES string of the molecule is C1CCCC1.CCC(=O)O.C[C@]12CC[C@@H]3c4ccc(O)cc4CC[C@H]3[C@@H]1CC[C@@H]2O. The molecule has 1 aromatic carbocycles. The van der Waals surface area contributed by atoms with Gasteiger partial charge in [-0.25, -0.2) is 0 Å². The van der Waals surface area contributed by atoms with Gasteiger partial charge in [0.05, 0.1) is 6.10 Å². The Hall–Kier alpha value is -1.55. The molecule has 0 bridgehead atoms. The molecule has 0 aliphatic heterocycles. The molecule has 4 heteroatoms. The second-order valence-electron chi connectivity index (χ2n) is 9.95. The molecule has 3 saturated carbocycles. The predicted molar refractivity (Wildman–Crippen MR) is 120 cm³/mol. The molecule has 4 aliphatic rings. The molecule has 30 heavy (non-hydrogen) atoms. The van der Waals surface area contributed by atoms with E-state index in [1.54, 1.807) is 6.92 Å². The van der Waals surface area contributed by atoms with E-state index in [-0.39, 0.29) is 17.9 Å². The molecule has 4 aliphatic carbocycles. The Morgan fingerprint density at radius 2 is 1.70 bits per heavy atom. The largest absolute Gasteiger partial charge is 0.508 e. The van der Waals surface area contributed by atoms with Crippen molar-refractivity contribution in [2.45, 2.75) is 103 Å². The van der Waals surface area contributed by atoms with Gasteiger partial charge in [-0.2, -0.15) is 0 Å². The molecule has 3 fully saturated rings. The van der Waals surface area contributed by atoms with Crippen molar-refractivity contribution in [3.63, 3.8) is 0 Å². The number of carbonyl (C=O) groups is 1. The van der Waals surface area contributed by atoms with E-state index in [1.807, 2.05) is 12.1 Å². The molecule has 5 rings (SSSR count). The number of benzene rings is 1. The number of fused-ring (bicyclic) bond motifs is 5. The highest BCUT2D eigenvalue weighted by Crippen LogP contribution is 2.60. The molecule has 0 unspecified atom stereocenters. The van der Waals surface area contributed by atoms with Crippen LogP contribution >= 0.6 is 0 Å². The van der Waals surface area contributed by atoms with Gasteiger partial charge in [0.2, 0.25) is 0 Å². The van der Waals surface area contributed by atoms with Gasteiger partial charge < -0.3 is 15.3 Å². The fourth-order valence-electron chi connectivity index (χ4n) is 6.43. The third-order valence-corrected chi connectivity index (χ3v) is 8.21. The minimum absolute atomic E-state index is 0.0883. The summed E-state index contributed by atoms with van der Waals surface area (Å²) >= 11 is 0. The maximum Gasteiger partial charge on any atom is 0.303 e. The van der Waals surface area contributed by atoms with Crippen molar-refractivity contribution in [1.82, 2.24) is 0 Å². The van der Waals surface area contributed by atoms with E-state index in [0.717, 1.165) is 25.2 Å². The number of aliphatic hydroxyl groups is 1. The van der Waals surface area contributed by atoms with Crippen LogP contribution < -0.4 is 0 Å². The molecule has 0 amide bonds. The number of aliphatic hydroxyl groups excluding tert-OH is 1. The molecule has 0 spiro atoms. The van der Waals surface area contributed by atoms with Crippen LogP contribution in [0.5, 0.6) is 5.75 Å². The number of hydrogen-bond acceptors (Lipinski definition) is 3. The van der Waals surface area contributed by atoms with Crippen molar-refractivity contribution in [1.29, 1.82) is 0 Å². The molecule has 5 atom stereocenters. The summed E-state index contributed by atoms with van der Waals surface area (Å²) in [4.78, 5) is 9.37. The third kappa shape index (κ3) is 5.01. The van der Waals surface area contributed by atoms with Crippen molar-refractivity contribution in [2.75, 3.05) is 0 Å². The van der Waals surface area contributed by atoms with Gasteiger partial charge in [-0.1, -0.05) is 52.0 Å². The number of aryl methyl sites for hydroxylation is 1. The topological polar surface area (TPSA) is 77.8 Å². The summed E-state index contributed by atoms with van der Waals surface area (Å²) in [5.41, 5.74) is 2.99. The molecule has 0 saturated heterocycles. The van der Waals surface area contributed by atoms with Crippen LogP contribution in [0.25, 0.3) is 0 Å². The van der Waals surface area contributed by atoms with Crippen molar-refractivity contribution in [3.05, 3.63) is 29.3 Å². The van der Waals surface area contributed by atoms with Crippen LogP contribution in [0.4, 0.5) is 0 Å². The van der Waals surface area contributed by atoms with Gasteiger partial charge >= 0.3 is 5.97 Å². The minimum atomic E-state index is -0.745. The Morgan fingerprint density at radius 1 is 1.07 bits per heavy atom. The first kappa shape index (κ1) is 23.1. The summed E-state index contributed by atoms with van der Waals surface area (Å²) in [6, 6.07) is 5.96. The molecule has 0 heterocycles. The predicted octanol–water partition coefficient (Wildman–Crippen LogP) is 6.04. The highest BCUT2D eigenvalue weighted by atomic mass is 16.4. The average Bonchev–Trinajstić information content (AvgIpc) is 3.41. The summed E-state index contributed by atoms with van der Waals surface area (Å²) in [6.45, 7) is 3.92. The number of hydrogen-bond donors (Lipinski definition) is 3. The molecule has 4 nitrogen and oxygen atoms in total. The minimum Gasteiger partial charge on any atom is -0.508 e. The zero-order valence-electron chi connectivity index (χ0n) is 18.8. The number of aromatic hydroxyl groups is 1. The summed E-state index contributed by atoms with van der Waals surface area (Å²) in [7, 11) is 0. The van der Waals surface area contributed by atoms with Gasteiger partial charge in [0.25, 0.3) is 0 Å². The van der Waals surface area contributed by atoms with E-state index in [2.05, 4.69) is 13.0 Å². The van der Waals surface area contributed by atoms with E-state index in [0.29, 0.717) is 17.6 Å². The lowest BCUT2D eigenvalue weighted by molar-refractivity contribution is -0.136. The van der Waals surface area contributed by atoms with Crippen LogP contribution in [0.3, 0.4) is 0 Å². The van der Waals surface area contributed by atoms with Crippen LogP contribution in [0, 0.1) is 17.3 Å². The summed E-state index contributed by atoms with van der Waals surface area (Å²) in [5, 5.41) is 27.8. The number of carboxylic acids is 1. The molecule has 0 radical (unpaired) electrons. The summed E-state index contributed by atoms with van der Waals surface area (Å²) in [6.07, 6.45) is 14.5. The lowest BCUT2D eigenvalue weighted by Gasteiger charge is -2.50. The zero-order chi connectivity index (χ0) is 21.7. The van der Waals surface area contributed by atoms with Gasteiger partial charge in [-0.15, -0.1) is 0 Å². The molecule has 1 aromatic rings. The normalized spacial score (nSPS) is 33.7. The van der Waals surface area contributed by atoms with Crippen LogP contribution in [0.2, 0.25) is 0 Å². The van der Waals surface area contributed by atoms with Gasteiger partial charge in [0.1, 0.15) is 5.75 Å². The summed E-state index contributed by atoms with van der Waals surface area (Å²) < 4.78 is 0. The van der Waals surface area contributed by atoms with Gasteiger partial charge in [-0.3, -0.25) is 4.79 Å². The van der Waals surface area contributed by atoms with Gasteiger partial charge in [0, 0.05) is 6.42 Å². The number of carboxylic acid groups (broad SMARTS) is 1. The van der Waals surface area contributed by atoms with Crippen molar-refractivity contribution < 1.29 is 20.1 Å². The van der Waals surface area contributed by atoms with E-state index >= 15 is 0 Å². The quantitative estimate of drug-likeness (QED) is 0.521. The first-order chi connectivity index (χ1) is 14.4. The smallest absolute Gasteiger partial charge is 0.303 e. The maximum atomic E-state index is 10.4. The van der Waals surface area contributed by atoms with Crippen molar-refractivity contribution in [3.8, 4) is 5.75 Å². The standard InChI is InChI=1S/C18H24O2.C5H10.C3H6O2/c1-18-9-8-14-13-5-3-12(19)10-11(13)2-4-15(14)16(18)6-7-17(18)20;1-2-4-5-3-1;1-2-3(4)5/h3,5,10,14-17,19-20H,2,4,6-9H2,1H3;1-5H2;2H2,1H3,(H,4,5)/t14-,15-,16+,17+,18+;;/m1../s1. The van der Waals surface area contributed by atoms with Gasteiger partial charge in [0.15, 0.2) is 0 Å². The Balaban J connectivity index is 0.000000213. The van der Waals surface area contributed by atoms with E-state index < -0.39 is 5.97 Å². The van der Waals surface area contributed by atoms with Crippen molar-refractivity contribution >= 4 is 5.97 Å². The van der Waals surface area contributed by atoms with E-state index in [4.69, 9.17) is 5.11 Å². The average molecular weight is 417 g/mol. The Bertz CT molecular complexity index is 703. The second kappa shape index (κ2) is 10.2. The third-order valence-electron chi connectivity index (χ3n) is 8.21. The maximum absolute atomic E-state index is 10.4. The highest BCUT2D eigenvalue weighted by molar-refractivity contribution is 5.66. The Morgan fingerprint density at radius 3 is 2.30 bits per heavy atom. The Kier molecular flexibility index (Phi) is 7.84. The number of phenolic OH excluding ortho intramolecular Hbond substituents is 1. The lowest BCUT2D eigenvalue weighted by Crippen LogP contribution is -2.43. The highest BCUT2D eigenvalue weighted by Gasteiger charge is 2.54. The Labute approximate surface area is 181 Å². The van der Waals surface area contributed by atoms with E-state index in [9.17, 15) is 15.0 Å². The number of phenols is 1. The fraction of sp³-hybridized carbons (Fsp3) is 0.731. The van der Waals surface area contributed by atoms with Crippen LogP contribution in [-0.4, -0.2) is 27.4 Å². The monoisotopic (exact) mass is 416 g/mol. The van der Waals surface area contributed by atoms with Crippen LogP contribution in [-0.2, 0) is 11.2 Å².